The van der Waals surface area contributed by atoms with Crippen molar-refractivity contribution in [1.29, 1.82) is 0 Å². The molecule has 0 aliphatic heterocycles. The minimum atomic E-state index is -0.365. The van der Waals surface area contributed by atoms with E-state index in [0.717, 1.165) is 23.2 Å². The topological polar surface area (TPSA) is 59.2 Å². The van der Waals surface area contributed by atoms with Crippen molar-refractivity contribution in [2.45, 2.75) is 53.4 Å². The summed E-state index contributed by atoms with van der Waals surface area (Å²) < 4.78 is 5.10. The molecule has 1 aromatic heterocycles. The van der Waals surface area contributed by atoms with Gasteiger partial charge in [0.1, 0.15) is 5.69 Å². The molecule has 110 valence electrons. The minimum absolute atomic E-state index is 0.0604. The van der Waals surface area contributed by atoms with Crippen LogP contribution in [0.3, 0.4) is 0 Å². The molecule has 1 aromatic rings. The lowest BCUT2D eigenvalue weighted by molar-refractivity contribution is 0.0518. The van der Waals surface area contributed by atoms with Crippen LogP contribution < -0.4 is 0 Å². The molecule has 0 aromatic carbocycles. The van der Waals surface area contributed by atoms with Gasteiger partial charge in [-0.2, -0.15) is 0 Å². The van der Waals surface area contributed by atoms with Gasteiger partial charge in [-0.3, -0.25) is 4.79 Å². The van der Waals surface area contributed by atoms with Crippen LogP contribution in [0.25, 0.3) is 0 Å². The van der Waals surface area contributed by atoms with Gasteiger partial charge < -0.3 is 9.72 Å². The number of H-pyrrole nitrogens is 1. The van der Waals surface area contributed by atoms with Gasteiger partial charge in [0.2, 0.25) is 0 Å². The molecule has 4 heteroatoms. The number of aromatic nitrogens is 1. The van der Waals surface area contributed by atoms with E-state index in [1.54, 1.807) is 6.92 Å². The molecule has 0 radical (unpaired) electrons. The molecule has 4 nitrogen and oxygen atoms in total. The summed E-state index contributed by atoms with van der Waals surface area (Å²) in [5, 5.41) is 0. The summed E-state index contributed by atoms with van der Waals surface area (Å²) in [6, 6.07) is 0. The lowest BCUT2D eigenvalue weighted by Gasteiger charge is -2.28. The monoisotopic (exact) mass is 277 g/mol. The maximum Gasteiger partial charge on any atom is 0.355 e. The molecule has 20 heavy (non-hydrogen) atoms. The van der Waals surface area contributed by atoms with Crippen molar-refractivity contribution < 1.29 is 14.3 Å². The van der Waals surface area contributed by atoms with E-state index in [9.17, 15) is 9.59 Å². The number of ether oxygens (including phenoxy) is 1. The lowest BCUT2D eigenvalue weighted by atomic mass is 9.74. The van der Waals surface area contributed by atoms with Crippen LogP contribution in [-0.2, 0) is 11.2 Å². The van der Waals surface area contributed by atoms with Crippen molar-refractivity contribution >= 4 is 11.8 Å². The highest BCUT2D eigenvalue weighted by Crippen LogP contribution is 2.39. The number of carbonyl (C=O) groups excluding carboxylic acids is 2. The first kappa shape index (κ1) is 14.8. The van der Waals surface area contributed by atoms with Crippen LogP contribution in [0.4, 0.5) is 0 Å². The molecule has 0 fully saturated rings. The maximum atomic E-state index is 12.4. The van der Waals surface area contributed by atoms with Gasteiger partial charge in [-0.15, -0.1) is 0 Å². The molecule has 0 spiro atoms. The highest BCUT2D eigenvalue weighted by Gasteiger charge is 2.37. The second-order valence-electron chi connectivity index (χ2n) is 6.58. The predicted octanol–water partition coefficient (Wildman–Crippen LogP) is 3.47. The fraction of sp³-hybridized carbons (Fsp3) is 0.625. The number of carbonyl (C=O) groups is 2. The molecular formula is C16H23NO3. The Morgan fingerprint density at radius 1 is 1.35 bits per heavy atom. The SMILES string of the molecule is CCOC(=O)c1[nH]c2c(c1C(C)C)C(=O)CC(C)(C)C2. The normalized spacial score (nSPS) is 17.2. The fourth-order valence-corrected chi connectivity index (χ4v) is 3.03. The van der Waals surface area contributed by atoms with Crippen LogP contribution in [0.5, 0.6) is 0 Å². The number of ketones is 1. The maximum absolute atomic E-state index is 12.4. The van der Waals surface area contributed by atoms with Crippen molar-refractivity contribution in [2.75, 3.05) is 6.61 Å². The van der Waals surface area contributed by atoms with Gasteiger partial charge in [0, 0.05) is 17.7 Å². The van der Waals surface area contributed by atoms with Crippen LogP contribution in [-0.4, -0.2) is 23.3 Å². The van der Waals surface area contributed by atoms with Crippen LogP contribution in [0, 0.1) is 5.41 Å². The van der Waals surface area contributed by atoms with E-state index in [0.29, 0.717) is 18.7 Å². The minimum Gasteiger partial charge on any atom is -0.461 e. The number of hydrogen-bond donors (Lipinski definition) is 1. The highest BCUT2D eigenvalue weighted by molar-refractivity contribution is 6.04. The zero-order chi connectivity index (χ0) is 15.1. The Morgan fingerprint density at radius 3 is 2.55 bits per heavy atom. The summed E-state index contributed by atoms with van der Waals surface area (Å²) in [6.45, 7) is 10.3. The van der Waals surface area contributed by atoms with E-state index in [4.69, 9.17) is 4.74 Å². The molecule has 0 unspecified atom stereocenters. The van der Waals surface area contributed by atoms with Gasteiger partial charge in [0.05, 0.1) is 6.61 Å². The zero-order valence-electron chi connectivity index (χ0n) is 12.9. The Balaban J connectivity index is 2.57. The Morgan fingerprint density at radius 2 is 2.00 bits per heavy atom. The molecule has 0 saturated carbocycles. The number of aromatic amines is 1. The summed E-state index contributed by atoms with van der Waals surface area (Å²) in [6.07, 6.45) is 1.31. The Hall–Kier alpha value is -1.58. The van der Waals surface area contributed by atoms with Crippen molar-refractivity contribution in [3.63, 3.8) is 0 Å². The first-order chi connectivity index (χ1) is 9.26. The van der Waals surface area contributed by atoms with Gasteiger partial charge in [-0.25, -0.2) is 4.79 Å². The number of rotatable bonds is 3. The molecule has 2 rings (SSSR count). The average molecular weight is 277 g/mol. The summed E-state index contributed by atoms with van der Waals surface area (Å²) in [7, 11) is 0. The Bertz CT molecular complexity index is 552. The molecule has 1 heterocycles. The lowest BCUT2D eigenvalue weighted by Crippen LogP contribution is -2.27. The third-order valence-electron chi connectivity index (χ3n) is 3.75. The largest absolute Gasteiger partial charge is 0.461 e. The van der Waals surface area contributed by atoms with Crippen molar-refractivity contribution in [2.24, 2.45) is 5.41 Å². The molecule has 1 N–H and O–H groups in total. The second-order valence-corrected chi connectivity index (χ2v) is 6.58. The van der Waals surface area contributed by atoms with E-state index in [-0.39, 0.29) is 23.1 Å². The summed E-state index contributed by atoms with van der Waals surface area (Å²) >= 11 is 0. The standard InChI is InChI=1S/C16H23NO3/c1-6-20-15(19)14-12(9(2)3)13-10(17-14)7-16(4,5)8-11(13)18/h9,17H,6-8H2,1-5H3. The van der Waals surface area contributed by atoms with Crippen LogP contribution in [0.2, 0.25) is 0 Å². The summed E-state index contributed by atoms with van der Waals surface area (Å²) in [4.78, 5) is 27.7. The Labute approximate surface area is 119 Å². The molecular weight excluding hydrogens is 254 g/mol. The predicted molar refractivity (Wildman–Crippen MR) is 77.3 cm³/mol. The smallest absolute Gasteiger partial charge is 0.355 e. The van der Waals surface area contributed by atoms with Gasteiger partial charge >= 0.3 is 5.97 Å². The zero-order valence-corrected chi connectivity index (χ0v) is 12.9. The van der Waals surface area contributed by atoms with E-state index >= 15 is 0 Å². The highest BCUT2D eigenvalue weighted by atomic mass is 16.5. The second kappa shape index (κ2) is 5.08. The van der Waals surface area contributed by atoms with E-state index in [2.05, 4.69) is 18.8 Å². The molecule has 1 aliphatic carbocycles. The van der Waals surface area contributed by atoms with E-state index in [1.165, 1.54) is 0 Å². The summed E-state index contributed by atoms with van der Waals surface area (Å²) in [5.74, 6) is -0.123. The average Bonchev–Trinajstić information content (AvgIpc) is 2.67. The van der Waals surface area contributed by atoms with Crippen molar-refractivity contribution in [1.82, 2.24) is 4.98 Å². The quantitative estimate of drug-likeness (QED) is 0.861. The van der Waals surface area contributed by atoms with Gasteiger partial charge in [-0.1, -0.05) is 27.7 Å². The third-order valence-corrected chi connectivity index (χ3v) is 3.75. The van der Waals surface area contributed by atoms with E-state index in [1.807, 2.05) is 13.8 Å². The van der Waals surface area contributed by atoms with Crippen LogP contribution >= 0.6 is 0 Å². The van der Waals surface area contributed by atoms with Crippen LogP contribution in [0.15, 0.2) is 0 Å². The summed E-state index contributed by atoms with van der Waals surface area (Å²) in [5.41, 5.74) is 2.83. The number of esters is 1. The first-order valence-electron chi connectivity index (χ1n) is 7.22. The Kier molecular flexibility index (Phi) is 3.76. The number of hydrogen-bond acceptors (Lipinski definition) is 3. The number of Topliss-reactive ketones (excluding diaryl/α,β-unsaturated/α-hetero) is 1. The van der Waals surface area contributed by atoms with Crippen LogP contribution in [0.1, 0.15) is 79.1 Å². The fourth-order valence-electron chi connectivity index (χ4n) is 3.03. The molecule has 0 saturated heterocycles. The van der Waals surface area contributed by atoms with Crippen molar-refractivity contribution in [3.05, 3.63) is 22.5 Å². The first-order valence-corrected chi connectivity index (χ1v) is 7.22. The van der Waals surface area contributed by atoms with Crippen molar-refractivity contribution in [3.8, 4) is 0 Å². The third kappa shape index (κ3) is 2.51. The van der Waals surface area contributed by atoms with E-state index < -0.39 is 0 Å². The number of fused-ring (bicyclic) bond motifs is 1. The molecule has 0 bridgehead atoms. The molecule has 0 atom stereocenters. The molecule has 1 aliphatic rings. The van der Waals surface area contributed by atoms with Gasteiger partial charge in [0.25, 0.3) is 0 Å². The van der Waals surface area contributed by atoms with Gasteiger partial charge in [-0.05, 0) is 30.2 Å². The van der Waals surface area contributed by atoms with Gasteiger partial charge in [0.15, 0.2) is 5.78 Å². The number of nitrogens with one attached hydrogen (secondary N) is 1. The molecule has 0 amide bonds.